The Morgan fingerprint density at radius 3 is 1.31 bits per heavy atom. The van der Waals surface area contributed by atoms with Gasteiger partial charge >= 0.3 is 7.25 Å². The number of hydrogen-bond acceptors (Lipinski definition) is 6. The van der Waals surface area contributed by atoms with E-state index in [1.54, 1.807) is 0 Å². The minimum atomic E-state index is -6.00. The molecule has 0 bridgehead atoms. The van der Waals surface area contributed by atoms with Gasteiger partial charge in [-0.2, -0.15) is 0 Å². The van der Waals surface area contributed by atoms with Crippen molar-refractivity contribution in [2.75, 3.05) is 0 Å². The van der Waals surface area contributed by atoms with E-state index in [1.807, 2.05) is 0 Å². The molecule has 0 saturated carbocycles. The Hall–Kier alpha value is -0.755. The zero-order valence-electron chi connectivity index (χ0n) is 5.62. The summed E-state index contributed by atoms with van der Waals surface area (Å²) in [5.74, 6) is 0. The van der Waals surface area contributed by atoms with Crippen LogP contribution in [0, 0.1) is 0 Å². The SMILES string of the molecule is F[B-](F)(F)F.O=C=NSSN=C=O. The molecule has 0 heterocycles. The Morgan fingerprint density at radius 1 is 0.923 bits per heavy atom. The van der Waals surface area contributed by atoms with Crippen LogP contribution in [0.15, 0.2) is 8.80 Å². The predicted octanol–water partition coefficient (Wildman–Crippen LogP) is 2.17. The first-order chi connectivity index (χ1) is 5.91. The predicted molar refractivity (Wildman–Crippen MR) is 41.6 cm³/mol. The zero-order valence-corrected chi connectivity index (χ0v) is 7.25. The molecule has 0 atom stereocenters. The molecule has 74 valence electrons. The molecule has 0 aliphatic carbocycles. The van der Waals surface area contributed by atoms with Crippen molar-refractivity contribution >= 4 is 41.4 Å². The molecule has 11 heteroatoms. The van der Waals surface area contributed by atoms with Gasteiger partial charge in [0.2, 0.25) is 12.2 Å². The van der Waals surface area contributed by atoms with Crippen LogP contribution in [0.2, 0.25) is 0 Å². The van der Waals surface area contributed by atoms with Gasteiger partial charge in [0, 0.05) is 0 Å². The van der Waals surface area contributed by atoms with Gasteiger partial charge in [-0.25, -0.2) is 9.59 Å². The Labute approximate surface area is 77.7 Å². The Morgan fingerprint density at radius 2 is 1.15 bits per heavy atom. The molecule has 0 amide bonds. The van der Waals surface area contributed by atoms with Crippen LogP contribution in [0.4, 0.5) is 17.3 Å². The Kier molecular flexibility index (Phi) is 10.6. The number of halogens is 4. The quantitative estimate of drug-likeness (QED) is 0.143. The molecule has 0 radical (unpaired) electrons. The fourth-order valence-electron chi connectivity index (χ4n) is 0.0638. The molecule has 0 saturated heterocycles. The van der Waals surface area contributed by atoms with Gasteiger partial charge in [-0.05, 0) is 0 Å². The third-order valence-electron chi connectivity index (χ3n) is 0.182. The van der Waals surface area contributed by atoms with Crippen molar-refractivity contribution in [3.05, 3.63) is 0 Å². The molecule has 0 N–H and O–H groups in total. The van der Waals surface area contributed by atoms with Gasteiger partial charge in [-0.15, -0.1) is 8.80 Å². The maximum atomic E-state index is 9.75. The van der Waals surface area contributed by atoms with E-state index >= 15 is 0 Å². The van der Waals surface area contributed by atoms with Crippen LogP contribution in [0.25, 0.3) is 0 Å². The maximum absolute atomic E-state index is 9.75. The van der Waals surface area contributed by atoms with Gasteiger partial charge in [0.1, 0.15) is 0 Å². The van der Waals surface area contributed by atoms with Crippen LogP contribution >= 0.6 is 22.0 Å². The van der Waals surface area contributed by atoms with Crippen LogP contribution in [0.1, 0.15) is 0 Å². The van der Waals surface area contributed by atoms with Gasteiger partial charge < -0.3 is 17.3 Å². The van der Waals surface area contributed by atoms with E-state index in [2.05, 4.69) is 8.80 Å². The van der Waals surface area contributed by atoms with Crippen molar-refractivity contribution in [3.8, 4) is 0 Å². The molecule has 4 nitrogen and oxygen atoms in total. The lowest BCUT2D eigenvalue weighted by Gasteiger charge is -1.94. The highest BCUT2D eigenvalue weighted by Gasteiger charge is 2.20. The van der Waals surface area contributed by atoms with E-state index in [-0.39, 0.29) is 0 Å². The Bertz CT molecular complexity index is 199. The first-order valence-electron chi connectivity index (χ1n) is 2.26. The normalized spacial score (nSPS) is 8.62. The van der Waals surface area contributed by atoms with Gasteiger partial charge in [0.15, 0.2) is 0 Å². The fourth-order valence-corrected chi connectivity index (χ4v) is 0.574. The summed E-state index contributed by atoms with van der Waals surface area (Å²) in [5.41, 5.74) is 0. The van der Waals surface area contributed by atoms with Gasteiger partial charge in [0.25, 0.3) is 0 Å². The standard InChI is InChI=1S/C2N2O2S2.BF4/c5-1-3-7-8-4-2-6;2-1(3,4)5/q;-1. The summed E-state index contributed by atoms with van der Waals surface area (Å²) >= 11 is 0. The molecule has 0 fully saturated rings. The van der Waals surface area contributed by atoms with Crippen molar-refractivity contribution in [2.45, 2.75) is 0 Å². The second-order valence-electron chi connectivity index (χ2n) is 1.01. The lowest BCUT2D eigenvalue weighted by molar-refractivity contribution is 0.368. The zero-order chi connectivity index (χ0) is 10.7. The molecule has 13 heavy (non-hydrogen) atoms. The third kappa shape index (κ3) is 53.3. The molecule has 0 spiro atoms. The third-order valence-corrected chi connectivity index (χ3v) is 1.19. The summed E-state index contributed by atoms with van der Waals surface area (Å²) in [6, 6.07) is 0. The van der Waals surface area contributed by atoms with E-state index in [0.29, 0.717) is 0 Å². The van der Waals surface area contributed by atoms with Crippen LogP contribution in [0.5, 0.6) is 0 Å². The molecule has 0 unspecified atom stereocenters. The lowest BCUT2D eigenvalue weighted by atomic mass is 10.3. The van der Waals surface area contributed by atoms with Crippen molar-refractivity contribution < 1.29 is 26.9 Å². The van der Waals surface area contributed by atoms with E-state index in [0.717, 1.165) is 22.0 Å². The minimum Gasteiger partial charge on any atom is -0.418 e. The number of hydrogen-bond donors (Lipinski definition) is 0. The molecule has 0 aliphatic rings. The highest BCUT2D eigenvalue weighted by Crippen LogP contribution is 2.21. The highest BCUT2D eigenvalue weighted by molar-refractivity contribution is 8.75. The molecule has 0 aromatic carbocycles. The fraction of sp³-hybridized carbons (Fsp3) is 0. The number of nitrogens with zero attached hydrogens (tertiary/aromatic N) is 2. The molecular weight excluding hydrogens is 235 g/mol. The van der Waals surface area contributed by atoms with E-state index in [9.17, 15) is 26.9 Å². The van der Waals surface area contributed by atoms with Crippen LogP contribution < -0.4 is 0 Å². The first-order valence-corrected chi connectivity index (χ1v) is 4.32. The summed E-state index contributed by atoms with van der Waals surface area (Å²) in [7, 11) is -4.47. The van der Waals surface area contributed by atoms with Crippen molar-refractivity contribution in [1.82, 2.24) is 0 Å². The summed E-state index contributed by atoms with van der Waals surface area (Å²) in [6.45, 7) is 0. The van der Waals surface area contributed by atoms with Crippen molar-refractivity contribution in [2.24, 2.45) is 8.80 Å². The number of rotatable bonds is 3. The molecule has 0 aliphatic heterocycles. The number of carbonyl (C=O) groups excluding carboxylic acids is 2. The van der Waals surface area contributed by atoms with Gasteiger partial charge in [-0.3, -0.25) is 0 Å². The topological polar surface area (TPSA) is 58.9 Å². The van der Waals surface area contributed by atoms with Crippen LogP contribution in [0.3, 0.4) is 0 Å². The van der Waals surface area contributed by atoms with Gasteiger partial charge in [-0.1, -0.05) is 0 Å². The Balaban J connectivity index is 0. The molecule has 0 rings (SSSR count). The highest BCUT2D eigenvalue weighted by atomic mass is 33.1. The van der Waals surface area contributed by atoms with E-state index in [4.69, 9.17) is 0 Å². The molecular formula is C2BF4N2O2S2-. The van der Waals surface area contributed by atoms with Crippen molar-refractivity contribution in [3.63, 3.8) is 0 Å². The summed E-state index contributed by atoms with van der Waals surface area (Å²) < 4.78 is 45.0. The van der Waals surface area contributed by atoms with E-state index < -0.39 is 7.25 Å². The smallest absolute Gasteiger partial charge is 0.418 e. The summed E-state index contributed by atoms with van der Waals surface area (Å²) in [4.78, 5) is 18.6. The number of isocyanates is 2. The van der Waals surface area contributed by atoms with Crippen molar-refractivity contribution in [1.29, 1.82) is 0 Å². The lowest BCUT2D eigenvalue weighted by Crippen LogP contribution is -2.02. The average Bonchev–Trinajstić information content (AvgIpc) is 1.95. The van der Waals surface area contributed by atoms with Crippen LogP contribution in [-0.4, -0.2) is 19.4 Å². The second kappa shape index (κ2) is 9.33. The maximum Gasteiger partial charge on any atom is 0.673 e. The van der Waals surface area contributed by atoms with Gasteiger partial charge in [0.05, 0.1) is 22.0 Å². The largest absolute Gasteiger partial charge is 0.673 e. The monoisotopic (exact) mass is 235 g/mol. The second-order valence-corrected chi connectivity index (χ2v) is 2.57. The first kappa shape index (κ1) is 14.8. The van der Waals surface area contributed by atoms with E-state index in [1.165, 1.54) is 12.2 Å². The average molecular weight is 235 g/mol. The van der Waals surface area contributed by atoms with Crippen LogP contribution in [-0.2, 0) is 9.59 Å². The molecule has 0 aromatic heterocycles. The summed E-state index contributed by atoms with van der Waals surface area (Å²) in [6.07, 6.45) is 2.51. The summed E-state index contributed by atoms with van der Waals surface area (Å²) in [5, 5.41) is 0. The minimum absolute atomic E-state index is 0.767. The molecule has 0 aromatic rings.